The molecule has 20 heavy (non-hydrogen) atoms. The Labute approximate surface area is 121 Å². The van der Waals surface area contributed by atoms with Crippen molar-refractivity contribution in [2.45, 2.75) is 52.4 Å². The first kappa shape index (κ1) is 17.4. The highest BCUT2D eigenvalue weighted by Gasteiger charge is 2.32. The van der Waals surface area contributed by atoms with Gasteiger partial charge in [0.2, 0.25) is 15.9 Å². The third-order valence-electron chi connectivity index (χ3n) is 3.09. The zero-order valence-corrected chi connectivity index (χ0v) is 13.7. The normalized spacial score (nSPS) is 25.8. The molecule has 1 amide bonds. The van der Waals surface area contributed by atoms with Crippen molar-refractivity contribution in [2.75, 3.05) is 19.3 Å². The second kappa shape index (κ2) is 6.87. The third-order valence-corrected chi connectivity index (χ3v) is 3.81. The number of nitrogens with zero attached hydrogens (tertiary/aromatic N) is 1. The van der Waals surface area contributed by atoms with Crippen LogP contribution in [0.15, 0.2) is 0 Å². The molecule has 1 heterocycles. The Kier molecular flexibility index (Phi) is 5.97. The minimum Gasteiger partial charge on any atom is -0.372 e. The average molecular weight is 306 g/mol. The van der Waals surface area contributed by atoms with Gasteiger partial charge in [-0.3, -0.25) is 4.79 Å². The van der Waals surface area contributed by atoms with Crippen LogP contribution in [0.4, 0.5) is 0 Å². The molecule has 1 fully saturated rings. The van der Waals surface area contributed by atoms with Crippen molar-refractivity contribution in [1.29, 1.82) is 0 Å². The summed E-state index contributed by atoms with van der Waals surface area (Å²) in [5.41, 5.74) is 0. The second-order valence-corrected chi connectivity index (χ2v) is 7.85. The number of ether oxygens (including phenoxy) is 1. The largest absolute Gasteiger partial charge is 0.372 e. The molecular formula is C13H26N2O4S. The van der Waals surface area contributed by atoms with Crippen LogP contribution in [0, 0.1) is 5.92 Å². The summed E-state index contributed by atoms with van der Waals surface area (Å²) in [6.07, 6.45) is 1.52. The smallest absolute Gasteiger partial charge is 0.240 e. The van der Waals surface area contributed by atoms with Gasteiger partial charge in [-0.25, -0.2) is 13.1 Å². The summed E-state index contributed by atoms with van der Waals surface area (Å²) in [5, 5.41) is 0. The molecule has 6 nitrogen and oxygen atoms in total. The first-order valence-electron chi connectivity index (χ1n) is 7.00. The van der Waals surface area contributed by atoms with Crippen LogP contribution in [0.25, 0.3) is 0 Å². The number of carbonyl (C=O) groups excluding carboxylic acids is 1. The molecule has 1 saturated heterocycles. The summed E-state index contributed by atoms with van der Waals surface area (Å²) in [6.45, 7) is 8.77. The highest BCUT2D eigenvalue weighted by atomic mass is 32.2. The summed E-state index contributed by atoms with van der Waals surface area (Å²) >= 11 is 0. The molecule has 0 spiro atoms. The van der Waals surface area contributed by atoms with Crippen molar-refractivity contribution in [3.63, 3.8) is 0 Å². The monoisotopic (exact) mass is 306 g/mol. The second-order valence-electron chi connectivity index (χ2n) is 6.07. The van der Waals surface area contributed by atoms with E-state index < -0.39 is 16.1 Å². The molecule has 7 heteroatoms. The Morgan fingerprint density at radius 3 is 2.20 bits per heavy atom. The van der Waals surface area contributed by atoms with Gasteiger partial charge < -0.3 is 9.64 Å². The molecule has 0 aromatic rings. The highest BCUT2D eigenvalue weighted by molar-refractivity contribution is 7.88. The first-order valence-corrected chi connectivity index (χ1v) is 8.89. The van der Waals surface area contributed by atoms with Crippen molar-refractivity contribution >= 4 is 15.9 Å². The number of hydrogen-bond acceptors (Lipinski definition) is 4. The van der Waals surface area contributed by atoms with Crippen LogP contribution in [0.3, 0.4) is 0 Å². The van der Waals surface area contributed by atoms with Crippen molar-refractivity contribution in [2.24, 2.45) is 5.92 Å². The molecule has 3 atom stereocenters. The van der Waals surface area contributed by atoms with Gasteiger partial charge in [-0.1, -0.05) is 13.8 Å². The lowest BCUT2D eigenvalue weighted by Gasteiger charge is -2.37. The van der Waals surface area contributed by atoms with Crippen LogP contribution in [-0.4, -0.2) is 56.8 Å². The van der Waals surface area contributed by atoms with E-state index in [1.807, 2.05) is 27.7 Å². The van der Waals surface area contributed by atoms with Crippen LogP contribution < -0.4 is 4.72 Å². The van der Waals surface area contributed by atoms with E-state index in [0.29, 0.717) is 19.5 Å². The van der Waals surface area contributed by atoms with Gasteiger partial charge in [0.15, 0.2) is 0 Å². The van der Waals surface area contributed by atoms with Gasteiger partial charge in [-0.2, -0.15) is 0 Å². The van der Waals surface area contributed by atoms with E-state index in [-0.39, 0.29) is 24.0 Å². The van der Waals surface area contributed by atoms with Gasteiger partial charge in [0.05, 0.1) is 18.5 Å². The van der Waals surface area contributed by atoms with Crippen LogP contribution >= 0.6 is 0 Å². The molecule has 0 aromatic heterocycles. The number of hydrogen-bond donors (Lipinski definition) is 1. The number of sulfonamides is 1. The van der Waals surface area contributed by atoms with E-state index in [0.717, 1.165) is 6.26 Å². The fourth-order valence-electron chi connectivity index (χ4n) is 2.51. The Hall–Kier alpha value is -0.660. The van der Waals surface area contributed by atoms with E-state index in [9.17, 15) is 13.2 Å². The van der Waals surface area contributed by atoms with Crippen LogP contribution in [0.5, 0.6) is 0 Å². The molecule has 0 aromatic carbocycles. The molecule has 0 bridgehead atoms. The zero-order valence-electron chi connectivity index (χ0n) is 12.9. The summed E-state index contributed by atoms with van der Waals surface area (Å²) in [4.78, 5) is 14.2. The molecule has 1 rings (SSSR count). The highest BCUT2D eigenvalue weighted by Crippen LogP contribution is 2.15. The minimum atomic E-state index is -3.41. The van der Waals surface area contributed by atoms with Crippen molar-refractivity contribution in [3.8, 4) is 0 Å². The van der Waals surface area contributed by atoms with E-state index >= 15 is 0 Å². The Bertz CT molecular complexity index is 426. The maximum atomic E-state index is 12.5. The van der Waals surface area contributed by atoms with E-state index in [2.05, 4.69) is 4.72 Å². The Morgan fingerprint density at radius 2 is 1.80 bits per heavy atom. The quantitative estimate of drug-likeness (QED) is 0.806. The third kappa shape index (κ3) is 5.76. The lowest BCUT2D eigenvalue weighted by atomic mass is 10.0. The predicted molar refractivity (Wildman–Crippen MR) is 77.8 cm³/mol. The maximum absolute atomic E-state index is 12.5. The van der Waals surface area contributed by atoms with Crippen molar-refractivity contribution in [3.05, 3.63) is 0 Å². The molecule has 0 saturated carbocycles. The van der Waals surface area contributed by atoms with Gasteiger partial charge >= 0.3 is 0 Å². The SMILES string of the molecule is CC(C)C[C@H](NS(C)(=O)=O)C(=O)N1C[C@@H](C)O[C@@H](C)C1. The predicted octanol–water partition coefficient (Wildman–Crippen LogP) is 0.586. The summed E-state index contributed by atoms with van der Waals surface area (Å²) < 4.78 is 30.9. The topological polar surface area (TPSA) is 75.7 Å². The zero-order chi connectivity index (χ0) is 15.5. The summed E-state index contributed by atoms with van der Waals surface area (Å²) in [6, 6.07) is -0.692. The lowest BCUT2D eigenvalue weighted by molar-refractivity contribution is -0.145. The summed E-state index contributed by atoms with van der Waals surface area (Å²) in [7, 11) is -3.41. The molecule has 1 aliphatic heterocycles. The Morgan fingerprint density at radius 1 is 1.30 bits per heavy atom. The lowest BCUT2D eigenvalue weighted by Crippen LogP contribution is -2.55. The van der Waals surface area contributed by atoms with Gasteiger partial charge in [0.1, 0.15) is 6.04 Å². The summed E-state index contributed by atoms with van der Waals surface area (Å²) in [5.74, 6) is 0.0696. The van der Waals surface area contributed by atoms with Crippen LogP contribution in [-0.2, 0) is 19.6 Å². The van der Waals surface area contributed by atoms with Gasteiger partial charge in [0, 0.05) is 13.1 Å². The minimum absolute atomic E-state index is 0.0272. The van der Waals surface area contributed by atoms with E-state index in [4.69, 9.17) is 4.74 Å². The standard InChI is InChI=1S/C13H26N2O4S/c1-9(2)6-12(14-20(5,17)18)13(16)15-7-10(3)19-11(4)8-15/h9-12,14H,6-8H2,1-5H3/t10-,11+,12-/m0/s1. The van der Waals surface area contributed by atoms with E-state index in [1.165, 1.54) is 0 Å². The van der Waals surface area contributed by atoms with E-state index in [1.54, 1.807) is 4.90 Å². The van der Waals surface area contributed by atoms with Crippen molar-refractivity contribution in [1.82, 2.24) is 9.62 Å². The molecule has 1 N–H and O–H groups in total. The van der Waals surface area contributed by atoms with Crippen molar-refractivity contribution < 1.29 is 17.9 Å². The molecule has 1 aliphatic rings. The molecule has 118 valence electrons. The maximum Gasteiger partial charge on any atom is 0.240 e. The van der Waals surface area contributed by atoms with Crippen LogP contribution in [0.1, 0.15) is 34.1 Å². The number of carbonyl (C=O) groups is 1. The fraction of sp³-hybridized carbons (Fsp3) is 0.923. The number of nitrogens with one attached hydrogen (secondary N) is 1. The number of morpholine rings is 1. The molecule has 0 aliphatic carbocycles. The van der Waals surface area contributed by atoms with Crippen LogP contribution in [0.2, 0.25) is 0 Å². The number of rotatable bonds is 5. The first-order chi connectivity index (χ1) is 9.08. The van der Waals surface area contributed by atoms with Gasteiger partial charge in [-0.05, 0) is 26.2 Å². The van der Waals surface area contributed by atoms with Gasteiger partial charge in [-0.15, -0.1) is 0 Å². The molecule has 0 radical (unpaired) electrons. The molecule has 0 unspecified atom stereocenters. The Balaban J connectivity index is 2.81. The average Bonchev–Trinajstić information content (AvgIpc) is 2.23. The number of amides is 1. The van der Waals surface area contributed by atoms with Gasteiger partial charge in [0.25, 0.3) is 0 Å². The molecular weight excluding hydrogens is 280 g/mol. The fourth-order valence-corrected chi connectivity index (χ4v) is 3.22.